The molecular formula is C24H32N2O4S. The van der Waals surface area contributed by atoms with Crippen LogP contribution in [0.3, 0.4) is 0 Å². The van der Waals surface area contributed by atoms with Crippen LogP contribution in [0.4, 0.5) is 0 Å². The van der Waals surface area contributed by atoms with Crippen molar-refractivity contribution in [3.63, 3.8) is 0 Å². The van der Waals surface area contributed by atoms with Crippen LogP contribution in [0.5, 0.6) is 0 Å². The zero-order valence-corrected chi connectivity index (χ0v) is 19.5. The molecular weight excluding hydrogens is 412 g/mol. The van der Waals surface area contributed by atoms with E-state index in [4.69, 9.17) is 0 Å². The van der Waals surface area contributed by atoms with Gasteiger partial charge in [-0.05, 0) is 57.0 Å². The molecule has 0 aromatic heterocycles. The number of amides is 1. The minimum absolute atomic E-state index is 0.0104. The van der Waals surface area contributed by atoms with E-state index in [0.717, 1.165) is 31.4 Å². The van der Waals surface area contributed by atoms with Crippen molar-refractivity contribution in [2.45, 2.75) is 64.4 Å². The summed E-state index contributed by atoms with van der Waals surface area (Å²) in [6.07, 6.45) is 3.17. The Morgan fingerprint density at radius 2 is 1.52 bits per heavy atom. The van der Waals surface area contributed by atoms with Gasteiger partial charge in [0.2, 0.25) is 10.0 Å². The zero-order valence-electron chi connectivity index (χ0n) is 18.7. The predicted octanol–water partition coefficient (Wildman–Crippen LogP) is 4.41. The Balaban J connectivity index is 2.02. The largest absolute Gasteiger partial charge is 0.336 e. The van der Waals surface area contributed by atoms with E-state index >= 15 is 0 Å². The van der Waals surface area contributed by atoms with E-state index in [1.807, 2.05) is 18.7 Å². The summed E-state index contributed by atoms with van der Waals surface area (Å²) in [6, 6.07) is 12.9. The Morgan fingerprint density at radius 3 is 2.03 bits per heavy atom. The minimum Gasteiger partial charge on any atom is -0.336 e. The van der Waals surface area contributed by atoms with E-state index in [1.54, 1.807) is 24.3 Å². The van der Waals surface area contributed by atoms with Crippen molar-refractivity contribution >= 4 is 21.7 Å². The zero-order chi connectivity index (χ0) is 23.0. The van der Waals surface area contributed by atoms with Gasteiger partial charge in [0.05, 0.1) is 4.90 Å². The molecule has 0 saturated heterocycles. The molecule has 0 aliphatic rings. The Labute approximate surface area is 185 Å². The third-order valence-electron chi connectivity index (χ3n) is 5.13. The Morgan fingerprint density at radius 1 is 0.935 bits per heavy atom. The van der Waals surface area contributed by atoms with Crippen LogP contribution in [0.15, 0.2) is 53.4 Å². The van der Waals surface area contributed by atoms with Gasteiger partial charge in [0.25, 0.3) is 5.91 Å². The molecule has 6 nitrogen and oxygen atoms in total. The fourth-order valence-electron chi connectivity index (χ4n) is 3.19. The molecule has 1 amide bonds. The lowest BCUT2D eigenvalue weighted by molar-refractivity contribution is 0.0702. The molecule has 2 rings (SSSR count). The highest BCUT2D eigenvalue weighted by Gasteiger charge is 2.19. The van der Waals surface area contributed by atoms with E-state index in [-0.39, 0.29) is 29.2 Å². The highest BCUT2D eigenvalue weighted by atomic mass is 32.2. The normalized spacial score (nSPS) is 11.5. The second-order valence-electron chi connectivity index (χ2n) is 7.90. The lowest BCUT2D eigenvalue weighted by atomic mass is 10.1. The van der Waals surface area contributed by atoms with Gasteiger partial charge in [-0.2, -0.15) is 0 Å². The number of carbonyl (C=O) groups is 2. The maximum atomic E-state index is 12.9. The standard InChI is InChI=1S/C24H32N2O4S/c1-5-6-7-16-26(18(2)3)24(28)22-10-8-20(9-11-22)17-25-31(29,30)23-14-12-21(13-15-23)19(4)27/h8-15,18,25H,5-7,16-17H2,1-4H3. The molecule has 2 aromatic carbocycles. The van der Waals surface area contributed by atoms with Crippen molar-refractivity contribution in [3.05, 3.63) is 65.2 Å². The van der Waals surface area contributed by atoms with Crippen LogP contribution >= 0.6 is 0 Å². The molecule has 2 aromatic rings. The molecule has 168 valence electrons. The average Bonchev–Trinajstić information content (AvgIpc) is 2.75. The second-order valence-corrected chi connectivity index (χ2v) is 9.67. The Kier molecular flexibility index (Phi) is 8.95. The third kappa shape index (κ3) is 7.01. The van der Waals surface area contributed by atoms with Crippen LogP contribution in [0.25, 0.3) is 0 Å². The fraction of sp³-hybridized carbons (Fsp3) is 0.417. The van der Waals surface area contributed by atoms with Crippen molar-refractivity contribution in [1.29, 1.82) is 0 Å². The summed E-state index contributed by atoms with van der Waals surface area (Å²) in [6.45, 7) is 8.42. The lowest BCUT2D eigenvalue weighted by Crippen LogP contribution is -2.37. The first kappa shape index (κ1) is 24.8. The number of hydrogen-bond acceptors (Lipinski definition) is 4. The van der Waals surface area contributed by atoms with Crippen LogP contribution < -0.4 is 4.72 Å². The number of nitrogens with one attached hydrogen (secondary N) is 1. The first-order valence-electron chi connectivity index (χ1n) is 10.7. The van der Waals surface area contributed by atoms with Crippen molar-refractivity contribution in [2.75, 3.05) is 6.54 Å². The van der Waals surface area contributed by atoms with Gasteiger partial charge in [-0.15, -0.1) is 0 Å². The van der Waals surface area contributed by atoms with Gasteiger partial charge in [0.1, 0.15) is 0 Å². The summed E-state index contributed by atoms with van der Waals surface area (Å²) in [5, 5.41) is 0. The van der Waals surface area contributed by atoms with E-state index in [0.29, 0.717) is 11.1 Å². The molecule has 0 radical (unpaired) electrons. The van der Waals surface area contributed by atoms with Crippen LogP contribution in [-0.2, 0) is 16.6 Å². The predicted molar refractivity (Wildman–Crippen MR) is 123 cm³/mol. The van der Waals surface area contributed by atoms with Crippen molar-refractivity contribution < 1.29 is 18.0 Å². The number of carbonyl (C=O) groups excluding carboxylic acids is 2. The van der Waals surface area contributed by atoms with Gasteiger partial charge in [-0.1, -0.05) is 44.0 Å². The van der Waals surface area contributed by atoms with Gasteiger partial charge >= 0.3 is 0 Å². The number of benzene rings is 2. The first-order chi connectivity index (χ1) is 14.7. The van der Waals surface area contributed by atoms with Crippen LogP contribution in [0.2, 0.25) is 0 Å². The number of rotatable bonds is 11. The molecule has 0 fully saturated rings. The van der Waals surface area contributed by atoms with Crippen LogP contribution in [0, 0.1) is 0 Å². The summed E-state index contributed by atoms with van der Waals surface area (Å²) in [4.78, 5) is 26.2. The molecule has 0 bridgehead atoms. The van der Waals surface area contributed by atoms with E-state index in [2.05, 4.69) is 11.6 Å². The Hall–Kier alpha value is -2.51. The van der Waals surface area contributed by atoms with E-state index in [9.17, 15) is 18.0 Å². The maximum Gasteiger partial charge on any atom is 0.254 e. The number of Topliss-reactive ketones (excluding diaryl/α,β-unsaturated/α-hetero) is 1. The first-order valence-corrected chi connectivity index (χ1v) is 12.1. The highest BCUT2D eigenvalue weighted by molar-refractivity contribution is 7.89. The summed E-state index contributed by atoms with van der Waals surface area (Å²) in [5.74, 6) is -0.128. The van der Waals surface area contributed by atoms with Gasteiger partial charge in [-0.25, -0.2) is 13.1 Å². The molecule has 31 heavy (non-hydrogen) atoms. The number of unbranched alkanes of at least 4 members (excludes halogenated alkanes) is 2. The highest BCUT2D eigenvalue weighted by Crippen LogP contribution is 2.14. The summed E-state index contributed by atoms with van der Waals surface area (Å²) >= 11 is 0. The van der Waals surface area contributed by atoms with Gasteiger partial charge in [0, 0.05) is 30.3 Å². The number of sulfonamides is 1. The van der Waals surface area contributed by atoms with E-state index < -0.39 is 10.0 Å². The van der Waals surface area contributed by atoms with Gasteiger partial charge in [0.15, 0.2) is 5.78 Å². The van der Waals surface area contributed by atoms with Gasteiger partial charge in [-0.3, -0.25) is 9.59 Å². The number of nitrogens with zero attached hydrogens (tertiary/aromatic N) is 1. The van der Waals surface area contributed by atoms with Crippen molar-refractivity contribution in [1.82, 2.24) is 9.62 Å². The van der Waals surface area contributed by atoms with Crippen LogP contribution in [0.1, 0.15) is 73.2 Å². The van der Waals surface area contributed by atoms with Crippen molar-refractivity contribution in [3.8, 4) is 0 Å². The lowest BCUT2D eigenvalue weighted by Gasteiger charge is -2.27. The summed E-state index contributed by atoms with van der Waals surface area (Å²) in [5.41, 5.74) is 1.81. The molecule has 0 unspecified atom stereocenters. The molecule has 0 atom stereocenters. The second kappa shape index (κ2) is 11.2. The minimum atomic E-state index is -3.70. The third-order valence-corrected chi connectivity index (χ3v) is 6.54. The smallest absolute Gasteiger partial charge is 0.254 e. The molecule has 0 spiro atoms. The van der Waals surface area contributed by atoms with E-state index in [1.165, 1.54) is 31.2 Å². The summed E-state index contributed by atoms with van der Waals surface area (Å²) < 4.78 is 27.5. The summed E-state index contributed by atoms with van der Waals surface area (Å²) in [7, 11) is -3.70. The average molecular weight is 445 g/mol. The monoisotopic (exact) mass is 444 g/mol. The quantitative estimate of drug-likeness (QED) is 0.411. The fourth-order valence-corrected chi connectivity index (χ4v) is 4.21. The number of ketones is 1. The number of hydrogen-bond donors (Lipinski definition) is 1. The SMILES string of the molecule is CCCCCN(C(=O)c1ccc(CNS(=O)(=O)c2ccc(C(C)=O)cc2)cc1)C(C)C. The van der Waals surface area contributed by atoms with Crippen molar-refractivity contribution in [2.24, 2.45) is 0 Å². The molecule has 0 aliphatic carbocycles. The molecule has 0 heterocycles. The maximum absolute atomic E-state index is 12.9. The molecule has 7 heteroatoms. The molecule has 1 N–H and O–H groups in total. The molecule has 0 saturated carbocycles. The van der Waals surface area contributed by atoms with Gasteiger partial charge < -0.3 is 4.90 Å². The van der Waals surface area contributed by atoms with Crippen LogP contribution in [-0.4, -0.2) is 37.6 Å². The Bertz CT molecular complexity index is 981. The topological polar surface area (TPSA) is 83.6 Å². The molecule has 0 aliphatic heterocycles.